The minimum Gasteiger partial charge on any atom is -0.457 e. The Hall–Kier alpha value is -0.770. The monoisotopic (exact) mass is 271 g/mol. The molecule has 15 heavy (non-hydrogen) atoms. The molecule has 1 aromatic heterocycles. The fraction of sp³-hybridized carbons (Fsp3) is 0.545. The molecule has 1 atom stereocenters. The predicted molar refractivity (Wildman–Crippen MR) is 60.7 cm³/mol. The second-order valence-corrected chi connectivity index (χ2v) is 4.92. The van der Waals surface area contributed by atoms with E-state index < -0.39 is 0 Å². The van der Waals surface area contributed by atoms with Crippen molar-refractivity contribution in [3.05, 3.63) is 22.6 Å². The number of hydrogen-bond acceptors (Lipinski definition) is 2. The molecule has 3 nitrogen and oxygen atoms in total. The molecule has 1 aliphatic heterocycles. The van der Waals surface area contributed by atoms with Gasteiger partial charge < -0.3 is 9.32 Å². The van der Waals surface area contributed by atoms with E-state index in [-0.39, 0.29) is 5.91 Å². The van der Waals surface area contributed by atoms with Crippen molar-refractivity contribution in [2.24, 2.45) is 5.92 Å². The fourth-order valence-electron chi connectivity index (χ4n) is 1.98. The first-order chi connectivity index (χ1) is 7.16. The Morgan fingerprint density at radius 2 is 2.47 bits per heavy atom. The number of amides is 1. The van der Waals surface area contributed by atoms with Crippen LogP contribution in [0.15, 0.2) is 21.4 Å². The van der Waals surface area contributed by atoms with Gasteiger partial charge in [-0.1, -0.05) is 6.92 Å². The summed E-state index contributed by atoms with van der Waals surface area (Å²) >= 11 is 3.20. The van der Waals surface area contributed by atoms with Crippen molar-refractivity contribution in [1.29, 1.82) is 0 Å². The van der Waals surface area contributed by atoms with Gasteiger partial charge in [0.05, 0.1) is 5.56 Å². The Morgan fingerprint density at radius 1 is 1.67 bits per heavy atom. The molecule has 0 bridgehead atoms. The van der Waals surface area contributed by atoms with Gasteiger partial charge in [0.2, 0.25) is 0 Å². The molecule has 1 aliphatic rings. The summed E-state index contributed by atoms with van der Waals surface area (Å²) < 4.78 is 5.68. The molecule has 0 spiro atoms. The molecule has 1 unspecified atom stereocenters. The van der Waals surface area contributed by atoms with Gasteiger partial charge in [0.1, 0.15) is 6.26 Å². The van der Waals surface area contributed by atoms with Crippen LogP contribution >= 0.6 is 15.9 Å². The predicted octanol–water partition coefficient (Wildman–Crippen LogP) is 2.91. The quantitative estimate of drug-likeness (QED) is 0.787. The molecule has 1 fully saturated rings. The Morgan fingerprint density at radius 3 is 3.07 bits per heavy atom. The van der Waals surface area contributed by atoms with Gasteiger partial charge in [0, 0.05) is 19.2 Å². The third-order valence-corrected chi connectivity index (χ3v) is 3.17. The molecule has 0 radical (unpaired) electrons. The number of halogens is 1. The van der Waals surface area contributed by atoms with Crippen molar-refractivity contribution in [2.45, 2.75) is 19.8 Å². The molecule has 2 rings (SSSR count). The second-order valence-electron chi connectivity index (χ2n) is 4.14. The van der Waals surface area contributed by atoms with Crippen molar-refractivity contribution in [3.63, 3.8) is 0 Å². The Balaban J connectivity index is 2.07. The number of carbonyl (C=O) groups is 1. The molecule has 2 heterocycles. The average molecular weight is 272 g/mol. The number of nitrogens with zero attached hydrogens (tertiary/aromatic N) is 1. The molecular formula is C11H14BrNO2. The molecule has 1 amide bonds. The first kappa shape index (κ1) is 10.7. The molecule has 0 aromatic carbocycles. The summed E-state index contributed by atoms with van der Waals surface area (Å²) in [4.78, 5) is 13.9. The van der Waals surface area contributed by atoms with Crippen LogP contribution in [0.25, 0.3) is 0 Å². The molecule has 4 heteroatoms. The molecule has 0 N–H and O–H groups in total. The average Bonchev–Trinajstić information content (AvgIpc) is 2.64. The van der Waals surface area contributed by atoms with E-state index in [4.69, 9.17) is 4.42 Å². The lowest BCUT2D eigenvalue weighted by Crippen LogP contribution is -2.38. The van der Waals surface area contributed by atoms with Gasteiger partial charge in [0.25, 0.3) is 5.91 Å². The summed E-state index contributed by atoms with van der Waals surface area (Å²) in [6, 6.07) is 1.72. The van der Waals surface area contributed by atoms with Crippen LogP contribution in [0.5, 0.6) is 0 Å². The number of piperidine rings is 1. The van der Waals surface area contributed by atoms with Gasteiger partial charge in [-0.3, -0.25) is 4.79 Å². The summed E-state index contributed by atoms with van der Waals surface area (Å²) in [6.45, 7) is 3.92. The normalized spacial score (nSPS) is 21.7. The van der Waals surface area contributed by atoms with Crippen molar-refractivity contribution in [2.75, 3.05) is 13.1 Å². The lowest BCUT2D eigenvalue weighted by molar-refractivity contribution is 0.0682. The highest BCUT2D eigenvalue weighted by Crippen LogP contribution is 2.20. The fourth-order valence-corrected chi connectivity index (χ4v) is 2.32. The Bertz CT molecular complexity index is 361. The minimum atomic E-state index is 0.0796. The maximum atomic E-state index is 12.0. The lowest BCUT2D eigenvalue weighted by atomic mass is 10.00. The van der Waals surface area contributed by atoms with Crippen LogP contribution in [0.4, 0.5) is 0 Å². The Kier molecular flexibility index (Phi) is 3.14. The first-order valence-corrected chi connectivity index (χ1v) is 5.99. The molecule has 0 aliphatic carbocycles. The van der Waals surface area contributed by atoms with E-state index in [2.05, 4.69) is 22.9 Å². The number of carbonyl (C=O) groups excluding carboxylic acids is 1. The summed E-state index contributed by atoms with van der Waals surface area (Å²) in [5.74, 6) is 0.689. The standard InChI is InChI=1S/C11H14BrNO2/c1-8-3-2-4-13(6-8)11(14)9-5-10(12)15-7-9/h5,7-8H,2-4,6H2,1H3. The van der Waals surface area contributed by atoms with E-state index in [1.807, 2.05) is 4.90 Å². The summed E-state index contributed by atoms with van der Waals surface area (Å²) in [5, 5.41) is 0. The maximum Gasteiger partial charge on any atom is 0.257 e. The molecular weight excluding hydrogens is 258 g/mol. The van der Waals surface area contributed by atoms with Crippen molar-refractivity contribution in [3.8, 4) is 0 Å². The highest BCUT2D eigenvalue weighted by Gasteiger charge is 2.22. The third-order valence-electron chi connectivity index (χ3n) is 2.76. The summed E-state index contributed by atoms with van der Waals surface area (Å²) in [7, 11) is 0. The first-order valence-electron chi connectivity index (χ1n) is 5.20. The zero-order valence-electron chi connectivity index (χ0n) is 8.70. The highest BCUT2D eigenvalue weighted by molar-refractivity contribution is 9.10. The van der Waals surface area contributed by atoms with Crippen LogP contribution in [0, 0.1) is 5.92 Å². The summed E-state index contributed by atoms with van der Waals surface area (Å²) in [5.41, 5.74) is 0.635. The van der Waals surface area contributed by atoms with Crippen LogP contribution in [-0.4, -0.2) is 23.9 Å². The van der Waals surface area contributed by atoms with Crippen LogP contribution < -0.4 is 0 Å². The van der Waals surface area contributed by atoms with Gasteiger partial charge in [-0.25, -0.2) is 0 Å². The van der Waals surface area contributed by atoms with Crippen molar-refractivity contribution < 1.29 is 9.21 Å². The van der Waals surface area contributed by atoms with E-state index in [1.165, 1.54) is 12.7 Å². The van der Waals surface area contributed by atoms with Gasteiger partial charge in [-0.05, 0) is 34.7 Å². The van der Waals surface area contributed by atoms with Crippen molar-refractivity contribution in [1.82, 2.24) is 4.90 Å². The number of likely N-dealkylation sites (tertiary alicyclic amines) is 1. The molecule has 1 aromatic rings. The Labute approximate surface area is 97.6 Å². The third kappa shape index (κ3) is 2.43. The number of furan rings is 1. The maximum absolute atomic E-state index is 12.0. The number of rotatable bonds is 1. The van der Waals surface area contributed by atoms with Gasteiger partial charge >= 0.3 is 0 Å². The van der Waals surface area contributed by atoms with E-state index in [0.29, 0.717) is 16.2 Å². The SMILES string of the molecule is CC1CCCN(C(=O)c2coc(Br)c2)C1. The summed E-state index contributed by atoms with van der Waals surface area (Å²) in [6.07, 6.45) is 3.83. The molecule has 0 saturated carbocycles. The van der Waals surface area contributed by atoms with E-state index in [9.17, 15) is 4.79 Å². The molecule has 1 saturated heterocycles. The second kappa shape index (κ2) is 4.39. The lowest BCUT2D eigenvalue weighted by Gasteiger charge is -2.30. The largest absolute Gasteiger partial charge is 0.457 e. The van der Waals surface area contributed by atoms with Crippen LogP contribution in [-0.2, 0) is 0 Å². The van der Waals surface area contributed by atoms with Gasteiger partial charge in [-0.15, -0.1) is 0 Å². The number of hydrogen-bond donors (Lipinski definition) is 0. The topological polar surface area (TPSA) is 33.5 Å². The smallest absolute Gasteiger partial charge is 0.257 e. The van der Waals surface area contributed by atoms with Gasteiger partial charge in [-0.2, -0.15) is 0 Å². The van der Waals surface area contributed by atoms with Crippen LogP contribution in [0.2, 0.25) is 0 Å². The zero-order chi connectivity index (χ0) is 10.8. The van der Waals surface area contributed by atoms with E-state index in [0.717, 1.165) is 19.5 Å². The highest BCUT2D eigenvalue weighted by atomic mass is 79.9. The van der Waals surface area contributed by atoms with Crippen molar-refractivity contribution >= 4 is 21.8 Å². The van der Waals surface area contributed by atoms with E-state index in [1.54, 1.807) is 6.07 Å². The van der Waals surface area contributed by atoms with Crippen LogP contribution in [0.3, 0.4) is 0 Å². The minimum absolute atomic E-state index is 0.0796. The zero-order valence-corrected chi connectivity index (χ0v) is 10.3. The molecule has 82 valence electrons. The van der Waals surface area contributed by atoms with Crippen LogP contribution in [0.1, 0.15) is 30.1 Å². The van der Waals surface area contributed by atoms with E-state index >= 15 is 0 Å². The van der Waals surface area contributed by atoms with Gasteiger partial charge in [0.15, 0.2) is 4.67 Å².